The van der Waals surface area contributed by atoms with Gasteiger partial charge in [-0.25, -0.2) is 8.42 Å². The highest BCUT2D eigenvalue weighted by atomic mass is 32.2. The molecule has 0 aliphatic rings. The summed E-state index contributed by atoms with van der Waals surface area (Å²) < 4.78 is 31.1. The number of anilines is 2. The maximum absolute atomic E-state index is 12.3. The quantitative estimate of drug-likeness (QED) is 0.319. The third kappa shape index (κ3) is 7.10. The summed E-state index contributed by atoms with van der Waals surface area (Å²) in [5.74, 6) is 0.298. The Morgan fingerprint density at radius 3 is 2.68 bits per heavy atom. The van der Waals surface area contributed by atoms with Gasteiger partial charge >= 0.3 is 0 Å². The van der Waals surface area contributed by atoms with E-state index in [9.17, 15) is 23.3 Å². The lowest BCUT2D eigenvalue weighted by Gasteiger charge is -2.24. The van der Waals surface area contributed by atoms with Crippen molar-refractivity contribution in [3.05, 3.63) is 70.8 Å². The van der Waals surface area contributed by atoms with Gasteiger partial charge in [0, 0.05) is 36.9 Å². The molecule has 0 aromatic heterocycles. The van der Waals surface area contributed by atoms with Crippen molar-refractivity contribution >= 4 is 33.0 Å². The van der Waals surface area contributed by atoms with Gasteiger partial charge in [-0.1, -0.05) is 24.8 Å². The number of nitrogens with one attached hydrogen (secondary N) is 1. The number of sulfonamides is 1. The first kappa shape index (κ1) is 23.9. The van der Waals surface area contributed by atoms with E-state index in [1.807, 2.05) is 0 Å². The first-order chi connectivity index (χ1) is 14.6. The zero-order valence-corrected chi connectivity index (χ0v) is 18.2. The highest BCUT2D eigenvalue weighted by Crippen LogP contribution is 2.28. The summed E-state index contributed by atoms with van der Waals surface area (Å²) in [6.45, 7) is 5.60. The smallest absolute Gasteiger partial charge is 0.271 e. The van der Waals surface area contributed by atoms with Crippen LogP contribution in [0.2, 0.25) is 0 Å². The van der Waals surface area contributed by atoms with Gasteiger partial charge in [0.25, 0.3) is 5.69 Å². The molecule has 2 rings (SSSR count). The molecule has 0 unspecified atom stereocenters. The molecule has 1 N–H and O–H groups in total. The summed E-state index contributed by atoms with van der Waals surface area (Å²) >= 11 is 0. The normalized spacial score (nSPS) is 10.9. The molecule has 2 aromatic rings. The molecule has 0 radical (unpaired) electrons. The summed E-state index contributed by atoms with van der Waals surface area (Å²) in [7, 11) is -3.70. The Bertz CT molecular complexity index is 1070. The molecule has 31 heavy (non-hydrogen) atoms. The van der Waals surface area contributed by atoms with Crippen LogP contribution in [0.5, 0.6) is 5.75 Å². The van der Waals surface area contributed by atoms with Crippen molar-refractivity contribution in [1.29, 1.82) is 0 Å². The number of carbonyl (C=O) groups excluding carboxylic acids is 1. The fourth-order valence-electron chi connectivity index (χ4n) is 2.87. The zero-order chi connectivity index (χ0) is 23.0. The first-order valence-electron chi connectivity index (χ1n) is 9.48. The molecule has 0 spiro atoms. The van der Waals surface area contributed by atoms with Gasteiger partial charge < -0.3 is 10.1 Å². The molecule has 0 atom stereocenters. The van der Waals surface area contributed by atoms with E-state index in [0.29, 0.717) is 23.6 Å². The number of non-ortho nitro benzene ring substituents is 1. The fraction of sp³-hybridized carbons (Fsp3) is 0.286. The summed E-state index contributed by atoms with van der Waals surface area (Å²) in [6, 6.07) is 10.9. The van der Waals surface area contributed by atoms with Gasteiger partial charge in [0.1, 0.15) is 12.4 Å². The maximum atomic E-state index is 12.3. The molecule has 9 nitrogen and oxygen atoms in total. The van der Waals surface area contributed by atoms with Gasteiger partial charge in [0.05, 0.1) is 16.9 Å². The van der Waals surface area contributed by atoms with Crippen LogP contribution in [0.1, 0.15) is 18.4 Å². The Kier molecular flexibility index (Phi) is 8.14. The topological polar surface area (TPSA) is 119 Å². The van der Waals surface area contributed by atoms with Crippen LogP contribution in [0.4, 0.5) is 17.1 Å². The highest BCUT2D eigenvalue weighted by molar-refractivity contribution is 7.92. The van der Waals surface area contributed by atoms with E-state index in [-0.39, 0.29) is 36.7 Å². The standard InChI is InChI=1S/C21H25N3O6S/c1-4-13-30-19-8-5-7-17(14-19)22-21(25)9-6-12-23(31(3,28)29)20-15-18(24(26)27)11-10-16(20)2/h4-5,7-8,10-11,14-15H,1,6,9,12-13H2,2-3H3,(H,22,25). The second-order valence-corrected chi connectivity index (χ2v) is 8.75. The SMILES string of the molecule is C=CCOc1cccc(NC(=O)CCCN(c2cc([N+](=O)[O-])ccc2C)S(C)(=O)=O)c1. The predicted molar refractivity (Wildman–Crippen MR) is 120 cm³/mol. The lowest BCUT2D eigenvalue weighted by molar-refractivity contribution is -0.384. The number of nitro groups is 1. The van der Waals surface area contributed by atoms with Crippen molar-refractivity contribution in [3.8, 4) is 5.75 Å². The van der Waals surface area contributed by atoms with E-state index in [1.54, 1.807) is 37.3 Å². The Labute approximate surface area is 181 Å². The average molecular weight is 448 g/mol. The number of benzene rings is 2. The van der Waals surface area contributed by atoms with Gasteiger partial charge in [-0.2, -0.15) is 0 Å². The second-order valence-electron chi connectivity index (χ2n) is 6.84. The van der Waals surface area contributed by atoms with Crippen LogP contribution in [0, 0.1) is 17.0 Å². The van der Waals surface area contributed by atoms with Gasteiger partial charge in [0.2, 0.25) is 15.9 Å². The lowest BCUT2D eigenvalue weighted by atomic mass is 10.1. The van der Waals surface area contributed by atoms with Crippen molar-refractivity contribution in [3.63, 3.8) is 0 Å². The summed E-state index contributed by atoms with van der Waals surface area (Å²) in [4.78, 5) is 22.8. The summed E-state index contributed by atoms with van der Waals surface area (Å²) in [6.07, 6.45) is 2.94. The van der Waals surface area contributed by atoms with E-state index in [0.717, 1.165) is 10.6 Å². The number of rotatable bonds is 11. The Morgan fingerprint density at radius 1 is 1.29 bits per heavy atom. The van der Waals surface area contributed by atoms with Crippen LogP contribution in [0.15, 0.2) is 55.1 Å². The van der Waals surface area contributed by atoms with Crippen molar-refractivity contribution in [2.24, 2.45) is 0 Å². The van der Waals surface area contributed by atoms with Crippen molar-refractivity contribution in [2.75, 3.05) is 29.0 Å². The molecule has 10 heteroatoms. The summed E-state index contributed by atoms with van der Waals surface area (Å²) in [5.41, 5.74) is 1.16. The second kappa shape index (κ2) is 10.6. The number of hydrogen-bond acceptors (Lipinski definition) is 6. The molecule has 0 aliphatic carbocycles. The van der Waals surface area contributed by atoms with Crippen molar-refractivity contribution in [2.45, 2.75) is 19.8 Å². The monoisotopic (exact) mass is 447 g/mol. The van der Waals surface area contributed by atoms with Crippen LogP contribution >= 0.6 is 0 Å². The van der Waals surface area contributed by atoms with Crippen LogP contribution in [0.25, 0.3) is 0 Å². The van der Waals surface area contributed by atoms with E-state index < -0.39 is 14.9 Å². The number of nitro benzene ring substituents is 1. The van der Waals surface area contributed by atoms with Gasteiger partial charge in [-0.05, 0) is 31.0 Å². The number of nitrogens with zero attached hydrogens (tertiary/aromatic N) is 2. The van der Waals surface area contributed by atoms with Gasteiger partial charge in [-0.3, -0.25) is 19.2 Å². The Balaban J connectivity index is 2.04. The molecule has 1 amide bonds. The van der Waals surface area contributed by atoms with Gasteiger partial charge in [-0.15, -0.1) is 0 Å². The molecular weight excluding hydrogens is 422 g/mol. The number of hydrogen-bond donors (Lipinski definition) is 1. The maximum Gasteiger partial charge on any atom is 0.271 e. The minimum Gasteiger partial charge on any atom is -0.489 e. The van der Waals surface area contributed by atoms with E-state index in [4.69, 9.17) is 4.74 Å². The molecule has 166 valence electrons. The van der Waals surface area contributed by atoms with E-state index in [1.165, 1.54) is 18.2 Å². The number of carbonyl (C=O) groups is 1. The minimum atomic E-state index is -3.70. The van der Waals surface area contributed by atoms with Crippen LogP contribution in [-0.4, -0.2) is 38.7 Å². The lowest BCUT2D eigenvalue weighted by Crippen LogP contribution is -2.32. The van der Waals surface area contributed by atoms with Crippen LogP contribution in [0.3, 0.4) is 0 Å². The van der Waals surface area contributed by atoms with E-state index >= 15 is 0 Å². The molecule has 0 bridgehead atoms. The molecular formula is C21H25N3O6S. The number of ether oxygens (including phenoxy) is 1. The third-order valence-corrected chi connectivity index (χ3v) is 5.50. The molecule has 0 saturated heterocycles. The molecule has 0 aliphatic heterocycles. The average Bonchev–Trinajstić information content (AvgIpc) is 2.69. The van der Waals surface area contributed by atoms with E-state index in [2.05, 4.69) is 11.9 Å². The first-order valence-corrected chi connectivity index (χ1v) is 11.3. The fourth-order valence-corrected chi connectivity index (χ4v) is 3.89. The Morgan fingerprint density at radius 2 is 2.03 bits per heavy atom. The zero-order valence-electron chi connectivity index (χ0n) is 17.4. The van der Waals surface area contributed by atoms with Crippen LogP contribution in [-0.2, 0) is 14.8 Å². The molecule has 0 heterocycles. The largest absolute Gasteiger partial charge is 0.489 e. The third-order valence-electron chi connectivity index (χ3n) is 4.32. The van der Waals surface area contributed by atoms with Crippen molar-refractivity contribution < 1.29 is 22.9 Å². The van der Waals surface area contributed by atoms with Crippen molar-refractivity contribution in [1.82, 2.24) is 0 Å². The van der Waals surface area contributed by atoms with Crippen LogP contribution < -0.4 is 14.4 Å². The van der Waals surface area contributed by atoms with Gasteiger partial charge in [0.15, 0.2) is 0 Å². The Hall–Kier alpha value is -3.40. The minimum absolute atomic E-state index is 0.0107. The highest BCUT2D eigenvalue weighted by Gasteiger charge is 2.22. The number of aryl methyl sites for hydroxylation is 1. The molecule has 2 aromatic carbocycles. The molecule has 0 saturated carbocycles. The predicted octanol–water partition coefficient (Wildman–Crippen LogP) is 3.65. The molecule has 0 fully saturated rings. The summed E-state index contributed by atoms with van der Waals surface area (Å²) in [5, 5.41) is 13.8. The number of amides is 1.